The number of carbonyl (C=O) groups excluding carboxylic acids is 1. The average Bonchev–Trinajstić information content (AvgIpc) is 3.23. The second-order valence-electron chi connectivity index (χ2n) is 8.19. The third-order valence-electron chi connectivity index (χ3n) is 5.40. The van der Waals surface area contributed by atoms with E-state index in [0.29, 0.717) is 15.6 Å². The molecular formula is C22H23F3N4O3S. The minimum Gasteiger partial charge on any atom is -0.469 e. The summed E-state index contributed by atoms with van der Waals surface area (Å²) in [7, 11) is 1.25. The van der Waals surface area contributed by atoms with Crippen molar-refractivity contribution >= 4 is 28.9 Å². The van der Waals surface area contributed by atoms with Crippen LogP contribution in [0.4, 0.5) is 24.8 Å². The maximum absolute atomic E-state index is 12.9. The van der Waals surface area contributed by atoms with Crippen molar-refractivity contribution in [3.05, 3.63) is 52.9 Å². The van der Waals surface area contributed by atoms with Gasteiger partial charge >= 0.3 is 12.1 Å². The quantitative estimate of drug-likeness (QED) is 0.475. The molecule has 3 rings (SSSR count). The van der Waals surface area contributed by atoms with Crippen LogP contribution in [0.1, 0.15) is 37.0 Å². The zero-order valence-corrected chi connectivity index (χ0v) is 19.4. The molecule has 0 aliphatic heterocycles. The van der Waals surface area contributed by atoms with Crippen LogP contribution in [0.5, 0.6) is 0 Å². The molecule has 0 radical (unpaired) electrons. The second kappa shape index (κ2) is 8.71. The Bertz CT molecular complexity index is 1180. The first-order valence-electron chi connectivity index (χ1n) is 9.82. The number of ether oxygens (including phenoxy) is 1. The Morgan fingerprint density at radius 2 is 1.85 bits per heavy atom. The van der Waals surface area contributed by atoms with Crippen molar-refractivity contribution in [2.45, 2.75) is 39.5 Å². The van der Waals surface area contributed by atoms with E-state index >= 15 is 0 Å². The van der Waals surface area contributed by atoms with Gasteiger partial charge in [0, 0.05) is 18.1 Å². The molecule has 2 heterocycles. The van der Waals surface area contributed by atoms with Crippen LogP contribution in [0.3, 0.4) is 0 Å². The van der Waals surface area contributed by atoms with Crippen LogP contribution in [0.2, 0.25) is 0 Å². The van der Waals surface area contributed by atoms with Gasteiger partial charge in [0.2, 0.25) is 5.95 Å². The fourth-order valence-electron chi connectivity index (χ4n) is 3.06. The van der Waals surface area contributed by atoms with Crippen molar-refractivity contribution in [2.75, 3.05) is 12.4 Å². The molecule has 0 bridgehead atoms. The van der Waals surface area contributed by atoms with E-state index in [1.54, 1.807) is 32.2 Å². The van der Waals surface area contributed by atoms with Gasteiger partial charge in [0.05, 0.1) is 17.4 Å². The number of carbonyl (C=O) groups is 1. The van der Waals surface area contributed by atoms with E-state index in [9.17, 15) is 23.1 Å². The number of nitrogens with one attached hydrogen (secondary N) is 1. The number of hydrogen-bond donors (Lipinski definition) is 2. The predicted molar refractivity (Wildman–Crippen MR) is 118 cm³/mol. The number of esters is 1. The molecule has 0 saturated carbocycles. The predicted octanol–water partition coefficient (Wildman–Crippen LogP) is 5.08. The number of thiazole rings is 1. The number of nitrogens with zero attached hydrogens (tertiary/aromatic N) is 3. The van der Waals surface area contributed by atoms with E-state index in [1.165, 1.54) is 25.4 Å². The van der Waals surface area contributed by atoms with Crippen molar-refractivity contribution in [3.8, 4) is 10.4 Å². The van der Waals surface area contributed by atoms with Gasteiger partial charge in [-0.1, -0.05) is 6.07 Å². The fraction of sp³-hybridized carbons (Fsp3) is 0.364. The maximum Gasteiger partial charge on any atom is 0.433 e. The van der Waals surface area contributed by atoms with E-state index in [2.05, 4.69) is 20.3 Å². The number of aliphatic hydroxyl groups is 1. The zero-order chi connectivity index (χ0) is 24.6. The summed E-state index contributed by atoms with van der Waals surface area (Å²) >= 11 is 1.20. The molecule has 0 aliphatic carbocycles. The highest BCUT2D eigenvalue weighted by molar-refractivity contribution is 7.15. The van der Waals surface area contributed by atoms with Crippen molar-refractivity contribution in [1.29, 1.82) is 0 Å². The fourth-order valence-corrected chi connectivity index (χ4v) is 4.17. The third kappa shape index (κ3) is 4.98. The van der Waals surface area contributed by atoms with Crippen molar-refractivity contribution in [3.63, 3.8) is 0 Å². The summed E-state index contributed by atoms with van der Waals surface area (Å²) in [4.78, 5) is 24.6. The number of aromatic nitrogens is 3. The number of rotatable bonds is 6. The van der Waals surface area contributed by atoms with Crippen LogP contribution < -0.4 is 5.32 Å². The normalized spacial score (nSPS) is 14.0. The molecule has 3 aromatic rings. The summed E-state index contributed by atoms with van der Waals surface area (Å²) < 4.78 is 43.6. The molecule has 2 N–H and O–H groups in total. The van der Waals surface area contributed by atoms with Crippen molar-refractivity contribution in [1.82, 2.24) is 15.0 Å². The first-order valence-corrected chi connectivity index (χ1v) is 10.6. The summed E-state index contributed by atoms with van der Waals surface area (Å²) in [5, 5.41) is 14.2. The van der Waals surface area contributed by atoms with Gasteiger partial charge in [-0.2, -0.15) is 13.2 Å². The van der Waals surface area contributed by atoms with E-state index in [0.717, 1.165) is 23.4 Å². The highest BCUT2D eigenvalue weighted by Gasteiger charge is 2.49. The second-order valence-corrected chi connectivity index (χ2v) is 9.23. The third-order valence-corrected chi connectivity index (χ3v) is 6.66. The van der Waals surface area contributed by atoms with Crippen molar-refractivity contribution in [2.24, 2.45) is 5.41 Å². The Morgan fingerprint density at radius 1 is 1.15 bits per heavy atom. The first kappa shape index (κ1) is 24.6. The van der Waals surface area contributed by atoms with Crippen LogP contribution in [0.15, 0.2) is 36.7 Å². The van der Waals surface area contributed by atoms with E-state index in [1.807, 2.05) is 13.0 Å². The Balaban J connectivity index is 1.93. The number of benzene rings is 1. The van der Waals surface area contributed by atoms with Crippen LogP contribution >= 0.6 is 11.3 Å². The summed E-state index contributed by atoms with van der Waals surface area (Å²) in [6.45, 7) is 6.48. The maximum atomic E-state index is 12.9. The highest BCUT2D eigenvalue weighted by atomic mass is 32.1. The van der Waals surface area contributed by atoms with Gasteiger partial charge in [-0.05, 0) is 57.0 Å². The molecule has 0 fully saturated rings. The number of alkyl halides is 3. The topological polar surface area (TPSA) is 97.2 Å². The van der Waals surface area contributed by atoms with Gasteiger partial charge in [0.15, 0.2) is 0 Å². The molecule has 33 heavy (non-hydrogen) atoms. The molecule has 0 aliphatic rings. The highest BCUT2D eigenvalue weighted by Crippen LogP contribution is 2.43. The standard InChI is InChI=1S/C22H23F3N4O3S/c1-12-8-13(10-14(9-12)28-19-26-7-6-16(29-19)22(23,24)25)15-11-27-17(33-15)21(4,31)20(2,3)18(30)32-5/h6-11,31H,1-5H3,(H,26,28,29). The zero-order valence-electron chi connectivity index (χ0n) is 18.6. The van der Waals surface area contributed by atoms with Gasteiger partial charge in [0.1, 0.15) is 16.3 Å². The minimum absolute atomic E-state index is 0.186. The van der Waals surface area contributed by atoms with E-state index in [-0.39, 0.29) is 5.95 Å². The molecular weight excluding hydrogens is 457 g/mol. The molecule has 176 valence electrons. The molecule has 0 saturated heterocycles. The van der Waals surface area contributed by atoms with E-state index in [4.69, 9.17) is 4.74 Å². The number of methoxy groups -OCH3 is 1. The molecule has 0 amide bonds. The molecule has 11 heteroatoms. The van der Waals surface area contributed by atoms with Crippen LogP contribution in [0.25, 0.3) is 10.4 Å². The van der Waals surface area contributed by atoms with Gasteiger partial charge in [-0.15, -0.1) is 11.3 Å². The van der Waals surface area contributed by atoms with E-state index < -0.39 is 28.9 Å². The van der Waals surface area contributed by atoms with Crippen LogP contribution in [-0.2, 0) is 21.3 Å². The number of aryl methyl sites for hydroxylation is 1. The summed E-state index contributed by atoms with van der Waals surface area (Å²) in [6.07, 6.45) is -1.97. The Labute approximate surface area is 192 Å². The number of anilines is 2. The molecule has 2 aromatic heterocycles. The van der Waals surface area contributed by atoms with Gasteiger partial charge in [-0.3, -0.25) is 4.79 Å². The van der Waals surface area contributed by atoms with Crippen LogP contribution in [0, 0.1) is 12.3 Å². The largest absolute Gasteiger partial charge is 0.469 e. The Kier molecular flexibility index (Phi) is 6.49. The lowest BCUT2D eigenvalue weighted by Gasteiger charge is -2.35. The lowest BCUT2D eigenvalue weighted by atomic mass is 9.76. The van der Waals surface area contributed by atoms with Gasteiger partial charge in [0.25, 0.3) is 0 Å². The Hall–Kier alpha value is -3.05. The van der Waals surface area contributed by atoms with Crippen LogP contribution in [-0.4, -0.2) is 33.1 Å². The van der Waals surface area contributed by atoms with Gasteiger partial charge < -0.3 is 15.2 Å². The molecule has 7 nitrogen and oxygen atoms in total. The monoisotopic (exact) mass is 480 g/mol. The SMILES string of the molecule is COC(=O)C(C)(C)C(C)(O)c1ncc(-c2cc(C)cc(Nc3nccc(C(F)(F)F)n3)c2)s1. The number of halogens is 3. The summed E-state index contributed by atoms with van der Waals surface area (Å²) in [5.74, 6) is -0.762. The number of hydrogen-bond acceptors (Lipinski definition) is 8. The van der Waals surface area contributed by atoms with Crippen molar-refractivity contribution < 1.29 is 27.8 Å². The molecule has 1 atom stereocenters. The Morgan fingerprint density at radius 3 is 2.48 bits per heavy atom. The molecule has 1 aromatic carbocycles. The lowest BCUT2D eigenvalue weighted by Crippen LogP contribution is -2.45. The minimum atomic E-state index is -4.58. The summed E-state index contributed by atoms with van der Waals surface area (Å²) in [5.41, 5.74) is -1.86. The average molecular weight is 481 g/mol. The molecule has 0 spiro atoms. The summed E-state index contributed by atoms with van der Waals surface area (Å²) in [6, 6.07) is 6.13. The molecule has 1 unspecified atom stereocenters. The first-order chi connectivity index (χ1) is 15.3. The smallest absolute Gasteiger partial charge is 0.433 e. The lowest BCUT2D eigenvalue weighted by molar-refractivity contribution is -0.167. The van der Waals surface area contributed by atoms with Gasteiger partial charge in [-0.25, -0.2) is 15.0 Å².